The van der Waals surface area contributed by atoms with E-state index in [9.17, 15) is 4.79 Å². The van der Waals surface area contributed by atoms with E-state index in [0.29, 0.717) is 9.90 Å². The lowest BCUT2D eigenvalue weighted by Gasteiger charge is -2.02. The van der Waals surface area contributed by atoms with Gasteiger partial charge in [-0.1, -0.05) is 34.2 Å². The fourth-order valence-electron chi connectivity index (χ4n) is 0.957. The van der Waals surface area contributed by atoms with Crippen LogP contribution in [0, 0.1) is 0 Å². The summed E-state index contributed by atoms with van der Waals surface area (Å²) in [6.07, 6.45) is 2.16. The number of carbonyl (C=O) groups is 1. The zero-order chi connectivity index (χ0) is 10.4. The Morgan fingerprint density at radius 1 is 1.57 bits per heavy atom. The van der Waals surface area contributed by atoms with Gasteiger partial charge in [0.25, 0.3) is 5.91 Å². The van der Waals surface area contributed by atoms with Crippen LogP contribution in [0.4, 0.5) is 0 Å². The number of unbranched alkanes of at least 4 members (excludes halogenated alkanes) is 1. The molecule has 1 amide bonds. The van der Waals surface area contributed by atoms with Gasteiger partial charge in [-0.2, -0.15) is 0 Å². The Bertz CT molecular complexity index is 303. The molecule has 0 radical (unpaired) electrons. The Kier molecular flexibility index (Phi) is 5.81. The molecule has 1 rings (SSSR count). The maximum Gasteiger partial charge on any atom is 0.262 e. The molecular formula is C9H11ClINOS. The van der Waals surface area contributed by atoms with Crippen molar-refractivity contribution in [3.05, 3.63) is 21.3 Å². The van der Waals surface area contributed by atoms with Crippen molar-refractivity contribution in [3.8, 4) is 0 Å². The standard InChI is InChI=1S/C9H11ClINOS/c10-7-3-6-14-8(7)9(13)12-5-2-1-4-11/h3,6H,1-2,4-5H2,(H,12,13). The average Bonchev–Trinajstić information content (AvgIpc) is 2.59. The fourth-order valence-corrected chi connectivity index (χ4v) is 2.55. The summed E-state index contributed by atoms with van der Waals surface area (Å²) in [6.45, 7) is 0.732. The molecule has 5 heteroatoms. The van der Waals surface area contributed by atoms with Gasteiger partial charge in [0.1, 0.15) is 4.88 Å². The molecule has 2 nitrogen and oxygen atoms in total. The van der Waals surface area contributed by atoms with E-state index >= 15 is 0 Å². The first-order valence-electron chi connectivity index (χ1n) is 4.33. The van der Waals surface area contributed by atoms with E-state index < -0.39 is 0 Å². The number of carbonyl (C=O) groups excluding carboxylic acids is 1. The third-order valence-corrected chi connectivity index (χ3v) is 3.77. The summed E-state index contributed by atoms with van der Waals surface area (Å²) in [5.74, 6) is -0.0570. The van der Waals surface area contributed by atoms with E-state index in [4.69, 9.17) is 11.6 Å². The predicted molar refractivity (Wildman–Crippen MR) is 69.8 cm³/mol. The lowest BCUT2D eigenvalue weighted by atomic mass is 10.3. The quantitative estimate of drug-likeness (QED) is 0.496. The summed E-state index contributed by atoms with van der Waals surface area (Å²) in [7, 11) is 0. The van der Waals surface area contributed by atoms with Gasteiger partial charge in [0.05, 0.1) is 5.02 Å². The minimum atomic E-state index is -0.0570. The highest BCUT2D eigenvalue weighted by Crippen LogP contribution is 2.21. The Morgan fingerprint density at radius 3 is 2.93 bits per heavy atom. The van der Waals surface area contributed by atoms with Gasteiger partial charge in [0.15, 0.2) is 0 Å². The van der Waals surface area contributed by atoms with Gasteiger partial charge in [-0.3, -0.25) is 4.79 Å². The Morgan fingerprint density at radius 2 is 2.36 bits per heavy atom. The molecule has 0 fully saturated rings. The third-order valence-electron chi connectivity index (χ3n) is 1.67. The molecule has 1 aromatic rings. The Labute approximate surface area is 106 Å². The van der Waals surface area contributed by atoms with Crippen LogP contribution in [0.15, 0.2) is 11.4 Å². The van der Waals surface area contributed by atoms with E-state index in [1.54, 1.807) is 6.07 Å². The molecular weight excluding hydrogens is 333 g/mol. The number of hydrogen-bond donors (Lipinski definition) is 1. The first-order valence-corrected chi connectivity index (χ1v) is 7.11. The van der Waals surface area contributed by atoms with Crippen molar-refractivity contribution < 1.29 is 4.79 Å². The zero-order valence-electron chi connectivity index (χ0n) is 7.56. The zero-order valence-corrected chi connectivity index (χ0v) is 11.3. The minimum Gasteiger partial charge on any atom is -0.351 e. The Hall–Kier alpha value is 0.190. The van der Waals surface area contributed by atoms with Crippen molar-refractivity contribution in [2.45, 2.75) is 12.8 Å². The highest BCUT2D eigenvalue weighted by Gasteiger charge is 2.10. The number of nitrogens with one attached hydrogen (secondary N) is 1. The van der Waals surface area contributed by atoms with Crippen molar-refractivity contribution >= 4 is 51.4 Å². The summed E-state index contributed by atoms with van der Waals surface area (Å²) in [5, 5.41) is 5.21. The molecule has 0 saturated heterocycles. The summed E-state index contributed by atoms with van der Waals surface area (Å²) >= 11 is 9.53. The molecule has 1 heterocycles. The summed E-state index contributed by atoms with van der Waals surface area (Å²) in [5.41, 5.74) is 0. The monoisotopic (exact) mass is 343 g/mol. The van der Waals surface area contributed by atoms with Crippen molar-refractivity contribution in [2.24, 2.45) is 0 Å². The number of thiophene rings is 1. The predicted octanol–water partition coefficient (Wildman–Crippen LogP) is 3.35. The van der Waals surface area contributed by atoms with Crippen molar-refractivity contribution in [3.63, 3.8) is 0 Å². The van der Waals surface area contributed by atoms with Crippen LogP contribution < -0.4 is 5.32 Å². The second kappa shape index (κ2) is 6.63. The molecule has 0 spiro atoms. The average molecular weight is 344 g/mol. The van der Waals surface area contributed by atoms with E-state index in [1.807, 2.05) is 5.38 Å². The number of alkyl halides is 1. The van der Waals surface area contributed by atoms with Gasteiger partial charge >= 0.3 is 0 Å². The molecule has 1 aromatic heterocycles. The molecule has 0 aliphatic rings. The smallest absolute Gasteiger partial charge is 0.262 e. The van der Waals surface area contributed by atoms with E-state index in [1.165, 1.54) is 11.3 Å². The Balaban J connectivity index is 2.32. The molecule has 78 valence electrons. The maximum absolute atomic E-state index is 11.5. The van der Waals surface area contributed by atoms with Crippen molar-refractivity contribution in [1.29, 1.82) is 0 Å². The summed E-state index contributed by atoms with van der Waals surface area (Å²) in [4.78, 5) is 12.1. The molecule has 0 aromatic carbocycles. The van der Waals surface area contributed by atoms with Gasteiger partial charge in [-0.15, -0.1) is 11.3 Å². The van der Waals surface area contributed by atoms with Crippen LogP contribution in [0.2, 0.25) is 5.02 Å². The third kappa shape index (κ3) is 3.74. The van der Waals surface area contributed by atoms with Crippen LogP contribution in [0.1, 0.15) is 22.5 Å². The number of amides is 1. The van der Waals surface area contributed by atoms with Crippen LogP contribution in [0.5, 0.6) is 0 Å². The van der Waals surface area contributed by atoms with Crippen LogP contribution in [0.25, 0.3) is 0 Å². The maximum atomic E-state index is 11.5. The second-order valence-corrected chi connectivity index (χ2v) is 5.15. The first kappa shape index (κ1) is 12.3. The van der Waals surface area contributed by atoms with Crippen molar-refractivity contribution in [2.75, 3.05) is 11.0 Å². The lowest BCUT2D eigenvalue weighted by Crippen LogP contribution is -2.23. The number of hydrogen-bond acceptors (Lipinski definition) is 2. The van der Waals surface area contributed by atoms with Crippen LogP contribution in [0.3, 0.4) is 0 Å². The molecule has 0 bridgehead atoms. The van der Waals surface area contributed by atoms with E-state index in [2.05, 4.69) is 27.9 Å². The van der Waals surface area contributed by atoms with Gasteiger partial charge in [-0.25, -0.2) is 0 Å². The van der Waals surface area contributed by atoms with Gasteiger partial charge < -0.3 is 5.32 Å². The van der Waals surface area contributed by atoms with Crippen LogP contribution in [-0.4, -0.2) is 16.9 Å². The van der Waals surface area contributed by atoms with E-state index in [0.717, 1.165) is 23.8 Å². The highest BCUT2D eigenvalue weighted by atomic mass is 127. The van der Waals surface area contributed by atoms with Crippen molar-refractivity contribution in [1.82, 2.24) is 5.32 Å². The van der Waals surface area contributed by atoms with E-state index in [-0.39, 0.29) is 5.91 Å². The first-order chi connectivity index (χ1) is 6.75. The molecule has 0 unspecified atom stereocenters. The number of halogens is 2. The highest BCUT2D eigenvalue weighted by molar-refractivity contribution is 14.1. The summed E-state index contributed by atoms with van der Waals surface area (Å²) in [6, 6.07) is 1.74. The molecule has 0 aliphatic carbocycles. The SMILES string of the molecule is O=C(NCCCCI)c1sccc1Cl. The van der Waals surface area contributed by atoms with Gasteiger partial charge in [-0.05, 0) is 28.7 Å². The molecule has 14 heavy (non-hydrogen) atoms. The largest absolute Gasteiger partial charge is 0.351 e. The number of rotatable bonds is 5. The molecule has 0 saturated carbocycles. The second-order valence-electron chi connectivity index (χ2n) is 2.75. The van der Waals surface area contributed by atoms with Crippen LogP contribution in [-0.2, 0) is 0 Å². The lowest BCUT2D eigenvalue weighted by molar-refractivity contribution is 0.0957. The molecule has 0 atom stereocenters. The minimum absolute atomic E-state index is 0.0570. The van der Waals surface area contributed by atoms with Gasteiger partial charge in [0, 0.05) is 6.54 Å². The fraction of sp³-hybridized carbons (Fsp3) is 0.444. The molecule has 0 aliphatic heterocycles. The topological polar surface area (TPSA) is 29.1 Å². The van der Waals surface area contributed by atoms with Gasteiger partial charge in [0.2, 0.25) is 0 Å². The summed E-state index contributed by atoms with van der Waals surface area (Å²) < 4.78 is 1.13. The molecule has 1 N–H and O–H groups in total. The normalized spacial score (nSPS) is 10.1. The van der Waals surface area contributed by atoms with Crippen LogP contribution >= 0.6 is 45.5 Å².